The smallest absolute Gasteiger partial charge is 0.163 e. The quantitative estimate of drug-likeness (QED) is 0.466. The highest BCUT2D eigenvalue weighted by molar-refractivity contribution is 5.18. The van der Waals surface area contributed by atoms with Gasteiger partial charge in [0.15, 0.2) is 5.79 Å². The van der Waals surface area contributed by atoms with Crippen molar-refractivity contribution in [2.45, 2.75) is 143 Å². The third-order valence-electron chi connectivity index (χ3n) is 11.9. The van der Waals surface area contributed by atoms with Crippen LogP contribution in [0.1, 0.15) is 119 Å². The monoisotopic (exact) mass is 460 g/mol. The van der Waals surface area contributed by atoms with Crippen molar-refractivity contribution in [1.29, 1.82) is 0 Å². The lowest BCUT2D eigenvalue weighted by Crippen LogP contribution is -2.68. The van der Waals surface area contributed by atoms with Gasteiger partial charge in [0.25, 0.3) is 0 Å². The first-order valence-corrected chi connectivity index (χ1v) is 14.5. The van der Waals surface area contributed by atoms with Crippen molar-refractivity contribution >= 4 is 0 Å². The van der Waals surface area contributed by atoms with E-state index in [4.69, 9.17) is 9.47 Å². The fraction of sp³-hybridized carbons (Fsp3) is 1.00. The molecule has 33 heavy (non-hydrogen) atoms. The van der Waals surface area contributed by atoms with E-state index in [1.54, 1.807) is 0 Å². The summed E-state index contributed by atoms with van der Waals surface area (Å²) in [5, 5.41) is 12.3. The van der Waals surface area contributed by atoms with E-state index in [0.717, 1.165) is 48.9 Å². The summed E-state index contributed by atoms with van der Waals surface area (Å²) in [6.45, 7) is 16.4. The molecular weight excluding hydrogens is 408 g/mol. The largest absolute Gasteiger partial charge is 0.386 e. The summed E-state index contributed by atoms with van der Waals surface area (Å²) in [7, 11) is 0. The van der Waals surface area contributed by atoms with Crippen LogP contribution in [0.2, 0.25) is 0 Å². The Bertz CT molecular complexity index is 732. The van der Waals surface area contributed by atoms with Gasteiger partial charge in [-0.1, -0.05) is 53.9 Å². The summed E-state index contributed by atoms with van der Waals surface area (Å²) in [5.74, 6) is 4.29. The van der Waals surface area contributed by atoms with Crippen molar-refractivity contribution in [3.8, 4) is 0 Å². The van der Waals surface area contributed by atoms with Crippen molar-refractivity contribution < 1.29 is 14.6 Å². The molecule has 4 saturated carbocycles. The van der Waals surface area contributed by atoms with Crippen LogP contribution in [-0.4, -0.2) is 28.7 Å². The molecule has 0 aromatic rings. The molecule has 5 rings (SSSR count). The molecule has 1 N–H and O–H groups in total. The van der Waals surface area contributed by atoms with E-state index < -0.39 is 11.4 Å². The SMILES string of the molecule is CC(C)CCC[C@@H](C)C1CCC2C3CC[C@@]4(O)C5OC(C)(C)OC5CCC4(C)C3CCC21C. The van der Waals surface area contributed by atoms with Gasteiger partial charge in [-0.15, -0.1) is 0 Å². The topological polar surface area (TPSA) is 38.7 Å². The summed E-state index contributed by atoms with van der Waals surface area (Å²) in [4.78, 5) is 0. The maximum atomic E-state index is 12.3. The average Bonchev–Trinajstić information content (AvgIpc) is 3.25. The van der Waals surface area contributed by atoms with Crippen LogP contribution in [0.4, 0.5) is 0 Å². The molecule has 3 nitrogen and oxygen atoms in total. The Kier molecular flexibility index (Phi) is 6.11. The minimum Gasteiger partial charge on any atom is -0.386 e. The molecule has 1 heterocycles. The average molecular weight is 461 g/mol. The van der Waals surface area contributed by atoms with Gasteiger partial charge in [-0.2, -0.15) is 0 Å². The van der Waals surface area contributed by atoms with Crippen molar-refractivity contribution in [2.75, 3.05) is 0 Å². The standard InChI is InChI=1S/C30H52O3/c1-19(2)9-8-10-20(3)22-11-12-23-21-13-18-30(31)26-25(32-27(4,5)33-26)15-17-29(30,7)24(21)14-16-28(22,23)6/h19-26,31H,8-18H2,1-7H3/t20-,21?,22?,23?,24?,25?,26?,28?,29?,30-/m1/s1. The molecule has 0 bridgehead atoms. The van der Waals surface area contributed by atoms with Crippen molar-refractivity contribution in [1.82, 2.24) is 0 Å². The Morgan fingerprint density at radius 3 is 2.30 bits per heavy atom. The van der Waals surface area contributed by atoms with Crippen LogP contribution in [0.3, 0.4) is 0 Å². The second kappa shape index (κ2) is 8.20. The third kappa shape index (κ3) is 3.69. The predicted octanol–water partition coefficient (Wildman–Crippen LogP) is 7.35. The van der Waals surface area contributed by atoms with Crippen LogP contribution in [0.25, 0.3) is 0 Å². The molecule has 0 aromatic heterocycles. The fourth-order valence-corrected chi connectivity index (χ4v) is 10.3. The summed E-state index contributed by atoms with van der Waals surface area (Å²) in [5.41, 5.74) is -0.264. The molecule has 5 fully saturated rings. The van der Waals surface area contributed by atoms with Gasteiger partial charge in [0, 0.05) is 5.41 Å². The molecule has 1 aliphatic heterocycles. The van der Waals surface area contributed by atoms with Crippen LogP contribution >= 0.6 is 0 Å². The van der Waals surface area contributed by atoms with Crippen LogP contribution in [-0.2, 0) is 9.47 Å². The maximum Gasteiger partial charge on any atom is 0.163 e. The lowest BCUT2D eigenvalue weighted by Gasteiger charge is -2.65. The lowest BCUT2D eigenvalue weighted by atomic mass is 9.42. The van der Waals surface area contributed by atoms with Gasteiger partial charge in [-0.25, -0.2) is 0 Å². The van der Waals surface area contributed by atoms with Gasteiger partial charge < -0.3 is 14.6 Å². The Labute approximate surface area is 203 Å². The molecule has 4 aliphatic carbocycles. The highest BCUT2D eigenvalue weighted by Gasteiger charge is 2.69. The Morgan fingerprint density at radius 1 is 0.818 bits per heavy atom. The molecule has 0 amide bonds. The van der Waals surface area contributed by atoms with E-state index in [0.29, 0.717) is 11.3 Å². The lowest BCUT2D eigenvalue weighted by molar-refractivity contribution is -0.257. The molecule has 0 spiro atoms. The first-order valence-electron chi connectivity index (χ1n) is 14.5. The van der Waals surface area contributed by atoms with Gasteiger partial charge >= 0.3 is 0 Å². The molecule has 10 atom stereocenters. The fourth-order valence-electron chi connectivity index (χ4n) is 10.3. The second-order valence-corrected chi connectivity index (χ2v) is 14.4. The van der Waals surface area contributed by atoms with E-state index in [9.17, 15) is 5.11 Å². The normalized spacial score (nSPS) is 51.5. The van der Waals surface area contributed by atoms with Gasteiger partial charge in [0.05, 0.1) is 11.7 Å². The minimum absolute atomic E-state index is 0.0385. The number of hydrogen-bond donors (Lipinski definition) is 1. The molecule has 0 radical (unpaired) electrons. The van der Waals surface area contributed by atoms with Crippen molar-refractivity contribution in [3.05, 3.63) is 0 Å². The van der Waals surface area contributed by atoms with Gasteiger partial charge in [-0.05, 0) is 106 Å². The summed E-state index contributed by atoms with van der Waals surface area (Å²) in [6.07, 6.45) is 13.8. The number of hydrogen-bond acceptors (Lipinski definition) is 3. The molecule has 1 saturated heterocycles. The van der Waals surface area contributed by atoms with Crippen LogP contribution < -0.4 is 0 Å². The molecular formula is C30H52O3. The van der Waals surface area contributed by atoms with Crippen LogP contribution in [0.15, 0.2) is 0 Å². The second-order valence-electron chi connectivity index (χ2n) is 14.4. The van der Waals surface area contributed by atoms with E-state index >= 15 is 0 Å². The number of fused-ring (bicyclic) bond motifs is 7. The first-order chi connectivity index (χ1) is 15.4. The first kappa shape index (κ1) is 24.6. The molecule has 0 aromatic carbocycles. The van der Waals surface area contributed by atoms with Gasteiger partial charge in [0.1, 0.15) is 6.10 Å². The zero-order valence-corrected chi connectivity index (χ0v) is 22.7. The minimum atomic E-state index is -0.735. The zero-order valence-electron chi connectivity index (χ0n) is 22.7. The van der Waals surface area contributed by atoms with Gasteiger partial charge in [0.2, 0.25) is 0 Å². The zero-order chi connectivity index (χ0) is 23.8. The highest BCUT2D eigenvalue weighted by Crippen LogP contribution is 2.70. The molecule has 3 heteroatoms. The summed E-state index contributed by atoms with van der Waals surface area (Å²) < 4.78 is 12.6. The molecule has 5 aliphatic rings. The molecule has 190 valence electrons. The number of ether oxygens (including phenoxy) is 2. The third-order valence-corrected chi connectivity index (χ3v) is 11.9. The number of aliphatic hydroxyl groups is 1. The van der Waals surface area contributed by atoms with Gasteiger partial charge in [-0.3, -0.25) is 0 Å². The highest BCUT2D eigenvalue weighted by atomic mass is 16.8. The number of rotatable bonds is 5. The van der Waals surface area contributed by atoms with Crippen LogP contribution in [0, 0.1) is 46.3 Å². The predicted molar refractivity (Wildman–Crippen MR) is 134 cm³/mol. The Hall–Kier alpha value is -0.120. The van der Waals surface area contributed by atoms with E-state index in [2.05, 4.69) is 34.6 Å². The van der Waals surface area contributed by atoms with E-state index in [-0.39, 0.29) is 17.6 Å². The van der Waals surface area contributed by atoms with E-state index in [1.807, 2.05) is 13.8 Å². The van der Waals surface area contributed by atoms with Crippen LogP contribution in [0.5, 0.6) is 0 Å². The van der Waals surface area contributed by atoms with Crippen molar-refractivity contribution in [3.63, 3.8) is 0 Å². The Balaban J connectivity index is 1.34. The maximum absolute atomic E-state index is 12.3. The summed E-state index contributed by atoms with van der Waals surface area (Å²) in [6, 6.07) is 0. The Morgan fingerprint density at radius 2 is 1.58 bits per heavy atom. The van der Waals surface area contributed by atoms with E-state index in [1.165, 1.54) is 51.4 Å². The summed E-state index contributed by atoms with van der Waals surface area (Å²) >= 11 is 0. The van der Waals surface area contributed by atoms with Crippen molar-refractivity contribution in [2.24, 2.45) is 46.3 Å². The molecule has 8 unspecified atom stereocenters.